The molecule has 3 aliphatic rings. The highest BCUT2D eigenvalue weighted by molar-refractivity contribution is 7.91. The quantitative estimate of drug-likeness (QED) is 0.613. The number of sulfone groups is 1. The van der Waals surface area contributed by atoms with Crippen molar-refractivity contribution in [1.29, 1.82) is 0 Å². The fourth-order valence-corrected chi connectivity index (χ4v) is 5.63. The Bertz CT molecular complexity index is 908. The Kier molecular flexibility index (Phi) is 4.41. The number of rotatable bonds is 2. The first-order valence-corrected chi connectivity index (χ1v) is 10.8. The number of piperazine rings is 1. The van der Waals surface area contributed by atoms with Gasteiger partial charge in [-0.1, -0.05) is 0 Å². The molecular weight excluding hydrogens is 374 g/mol. The number of carbonyl (C=O) groups excluding carboxylic acids is 3. The summed E-state index contributed by atoms with van der Waals surface area (Å²) in [6.45, 7) is 1.58. The van der Waals surface area contributed by atoms with Crippen LogP contribution in [0.5, 0.6) is 0 Å². The second-order valence-electron chi connectivity index (χ2n) is 7.22. The van der Waals surface area contributed by atoms with Crippen LogP contribution in [0.2, 0.25) is 0 Å². The van der Waals surface area contributed by atoms with E-state index in [2.05, 4.69) is 15.5 Å². The summed E-state index contributed by atoms with van der Waals surface area (Å²) in [7, 11) is -3.11. The molecule has 2 fully saturated rings. The van der Waals surface area contributed by atoms with Crippen molar-refractivity contribution < 1.29 is 22.8 Å². The minimum atomic E-state index is -3.11. The number of aromatic amines is 1. The molecule has 10 nitrogen and oxygen atoms in total. The molecule has 1 atom stereocenters. The third-order valence-corrected chi connectivity index (χ3v) is 7.12. The maximum atomic E-state index is 12.7. The normalized spacial score (nSPS) is 24.4. The van der Waals surface area contributed by atoms with Gasteiger partial charge in [-0.3, -0.25) is 19.5 Å². The highest BCUT2D eigenvalue weighted by Crippen LogP contribution is 2.26. The second-order valence-corrected chi connectivity index (χ2v) is 9.44. The van der Waals surface area contributed by atoms with E-state index in [0.717, 1.165) is 5.56 Å². The molecule has 3 amide bonds. The summed E-state index contributed by atoms with van der Waals surface area (Å²) in [5.41, 5.74) is 1.77. The minimum Gasteiger partial charge on any atom is -0.353 e. The predicted octanol–water partition coefficient (Wildman–Crippen LogP) is -1.70. The number of H-pyrrole nitrogens is 1. The Morgan fingerprint density at radius 1 is 1.15 bits per heavy atom. The van der Waals surface area contributed by atoms with Gasteiger partial charge < -0.3 is 15.1 Å². The molecule has 1 aromatic heterocycles. The average molecular weight is 395 g/mol. The number of nitrogens with one attached hydrogen (secondary N) is 2. The predicted molar refractivity (Wildman–Crippen MR) is 93.4 cm³/mol. The van der Waals surface area contributed by atoms with Crippen molar-refractivity contribution in [3.05, 3.63) is 17.0 Å². The van der Waals surface area contributed by atoms with E-state index in [1.807, 2.05) is 0 Å². The highest BCUT2D eigenvalue weighted by Gasteiger charge is 2.37. The largest absolute Gasteiger partial charge is 0.353 e. The molecule has 4 heterocycles. The lowest BCUT2D eigenvalue weighted by molar-refractivity contribution is -0.135. The van der Waals surface area contributed by atoms with E-state index in [9.17, 15) is 22.8 Å². The number of amides is 3. The van der Waals surface area contributed by atoms with E-state index < -0.39 is 15.8 Å². The molecule has 2 N–H and O–H groups in total. The zero-order chi connectivity index (χ0) is 19.2. The average Bonchev–Trinajstić information content (AvgIpc) is 3.23. The van der Waals surface area contributed by atoms with Gasteiger partial charge in [-0.05, 0) is 12.8 Å². The van der Waals surface area contributed by atoms with Crippen molar-refractivity contribution in [2.24, 2.45) is 5.92 Å². The van der Waals surface area contributed by atoms with Gasteiger partial charge in [0.25, 0.3) is 5.91 Å². The van der Waals surface area contributed by atoms with Crippen LogP contribution in [-0.2, 0) is 32.4 Å². The van der Waals surface area contributed by atoms with Crippen molar-refractivity contribution in [1.82, 2.24) is 25.3 Å². The van der Waals surface area contributed by atoms with Crippen LogP contribution >= 0.6 is 0 Å². The monoisotopic (exact) mass is 395 g/mol. The number of hydrogen-bond donors (Lipinski definition) is 2. The Hall–Kier alpha value is -2.43. The van der Waals surface area contributed by atoms with Gasteiger partial charge in [0.1, 0.15) is 0 Å². The van der Waals surface area contributed by atoms with Crippen LogP contribution < -0.4 is 5.32 Å². The third-order valence-electron chi connectivity index (χ3n) is 5.35. The van der Waals surface area contributed by atoms with Crippen LogP contribution in [0.25, 0.3) is 0 Å². The van der Waals surface area contributed by atoms with Gasteiger partial charge in [0.05, 0.1) is 36.2 Å². The molecule has 0 spiro atoms. The maximum absolute atomic E-state index is 12.7. The molecule has 0 aromatic carbocycles. The van der Waals surface area contributed by atoms with Crippen LogP contribution in [0, 0.1) is 5.92 Å². The SMILES string of the molecule is O=C1CN(C(=O)c2n[nH]c3c2CCN(C(=O)C2CCS(=O)(=O)C2)C3)CCN1. The molecule has 3 aliphatic heterocycles. The van der Waals surface area contributed by atoms with Gasteiger partial charge in [0.15, 0.2) is 15.5 Å². The lowest BCUT2D eigenvalue weighted by Gasteiger charge is -2.29. The first kappa shape index (κ1) is 18.0. The second kappa shape index (κ2) is 6.63. The topological polar surface area (TPSA) is 133 Å². The van der Waals surface area contributed by atoms with E-state index >= 15 is 0 Å². The molecule has 1 unspecified atom stereocenters. The number of hydrogen-bond acceptors (Lipinski definition) is 6. The summed E-state index contributed by atoms with van der Waals surface area (Å²) in [5.74, 6) is -1.14. The standard InChI is InChI=1S/C16H21N5O5S/c22-13-8-21(5-3-17-13)16(24)14-11-1-4-20(7-12(11)18-19-14)15(23)10-2-6-27(25,26)9-10/h10H,1-9H2,(H,17,22)(H,18,19). The molecule has 0 saturated carbocycles. The molecule has 146 valence electrons. The van der Waals surface area contributed by atoms with Crippen LogP contribution in [0.4, 0.5) is 0 Å². The fraction of sp³-hybridized carbons (Fsp3) is 0.625. The number of nitrogens with zero attached hydrogens (tertiary/aromatic N) is 3. The van der Waals surface area contributed by atoms with E-state index in [1.54, 1.807) is 4.90 Å². The van der Waals surface area contributed by atoms with Gasteiger partial charge in [-0.25, -0.2) is 8.42 Å². The number of aromatic nitrogens is 2. The zero-order valence-electron chi connectivity index (χ0n) is 14.7. The third kappa shape index (κ3) is 3.43. The lowest BCUT2D eigenvalue weighted by Crippen LogP contribution is -2.50. The van der Waals surface area contributed by atoms with Crippen molar-refractivity contribution in [2.75, 3.05) is 37.7 Å². The Morgan fingerprint density at radius 3 is 2.67 bits per heavy atom. The Balaban J connectivity index is 1.46. The summed E-state index contributed by atoms with van der Waals surface area (Å²) in [5, 5.41) is 9.65. The van der Waals surface area contributed by atoms with Crippen molar-refractivity contribution in [2.45, 2.75) is 19.4 Å². The van der Waals surface area contributed by atoms with Gasteiger partial charge in [-0.15, -0.1) is 0 Å². The van der Waals surface area contributed by atoms with Crippen LogP contribution in [0.3, 0.4) is 0 Å². The molecule has 11 heteroatoms. The minimum absolute atomic E-state index is 0.0151. The molecule has 0 aliphatic carbocycles. The van der Waals surface area contributed by atoms with Gasteiger partial charge >= 0.3 is 0 Å². The highest BCUT2D eigenvalue weighted by atomic mass is 32.2. The first-order chi connectivity index (χ1) is 12.8. The molecule has 4 rings (SSSR count). The maximum Gasteiger partial charge on any atom is 0.275 e. The van der Waals surface area contributed by atoms with E-state index in [4.69, 9.17) is 0 Å². The molecule has 2 saturated heterocycles. The molecule has 0 radical (unpaired) electrons. The van der Waals surface area contributed by atoms with Crippen LogP contribution in [-0.4, -0.2) is 83.8 Å². The Labute approximate surface area is 156 Å². The molecule has 27 heavy (non-hydrogen) atoms. The smallest absolute Gasteiger partial charge is 0.275 e. The lowest BCUT2D eigenvalue weighted by atomic mass is 10.0. The summed E-state index contributed by atoms with van der Waals surface area (Å²) in [6, 6.07) is 0. The molecular formula is C16H21N5O5S. The van der Waals surface area contributed by atoms with E-state index in [0.29, 0.717) is 43.9 Å². The molecule has 1 aromatic rings. The van der Waals surface area contributed by atoms with Crippen molar-refractivity contribution in [3.8, 4) is 0 Å². The van der Waals surface area contributed by atoms with E-state index in [-0.39, 0.29) is 42.3 Å². The summed E-state index contributed by atoms with van der Waals surface area (Å²) in [6.07, 6.45) is 0.840. The van der Waals surface area contributed by atoms with Crippen molar-refractivity contribution >= 4 is 27.6 Å². The summed E-state index contributed by atoms with van der Waals surface area (Å²) < 4.78 is 23.2. The van der Waals surface area contributed by atoms with Gasteiger partial charge in [0.2, 0.25) is 11.8 Å². The fourth-order valence-electron chi connectivity index (χ4n) is 3.89. The van der Waals surface area contributed by atoms with Crippen LogP contribution in [0.1, 0.15) is 28.2 Å². The van der Waals surface area contributed by atoms with Crippen LogP contribution in [0.15, 0.2) is 0 Å². The van der Waals surface area contributed by atoms with Gasteiger partial charge in [0, 0.05) is 25.2 Å². The first-order valence-electron chi connectivity index (χ1n) is 8.95. The summed E-state index contributed by atoms with van der Waals surface area (Å²) >= 11 is 0. The van der Waals surface area contributed by atoms with Gasteiger partial charge in [-0.2, -0.15) is 5.10 Å². The molecule has 0 bridgehead atoms. The zero-order valence-corrected chi connectivity index (χ0v) is 15.5. The van der Waals surface area contributed by atoms with E-state index in [1.165, 1.54) is 4.90 Å². The van der Waals surface area contributed by atoms with Crippen molar-refractivity contribution in [3.63, 3.8) is 0 Å². The Morgan fingerprint density at radius 2 is 1.96 bits per heavy atom. The number of carbonyl (C=O) groups is 3. The number of fused-ring (bicyclic) bond motifs is 1. The summed E-state index contributed by atoms with van der Waals surface area (Å²) in [4.78, 5) is 39.9.